The van der Waals surface area contributed by atoms with Crippen LogP contribution in [0.25, 0.3) is 11.0 Å². The zero-order valence-corrected chi connectivity index (χ0v) is 24.5. The van der Waals surface area contributed by atoms with Crippen LogP contribution in [0.15, 0.2) is 66.6 Å². The average molecular weight is 599 g/mol. The second-order valence-corrected chi connectivity index (χ2v) is 10.7. The van der Waals surface area contributed by atoms with Crippen LogP contribution in [0, 0.1) is 17.1 Å². The minimum absolute atomic E-state index is 0.0116. The first kappa shape index (κ1) is 30.5. The maximum absolute atomic E-state index is 14.4. The number of hydrazine groups is 1. The van der Waals surface area contributed by atoms with Gasteiger partial charge in [0.25, 0.3) is 0 Å². The molecule has 4 aromatic rings. The van der Waals surface area contributed by atoms with Gasteiger partial charge in [0.05, 0.1) is 47.0 Å². The zero-order chi connectivity index (χ0) is 31.2. The molecule has 5 rings (SSSR count). The minimum Gasteiger partial charge on any atom is -0.478 e. The molecule has 0 unspecified atom stereocenters. The van der Waals surface area contributed by atoms with Crippen LogP contribution in [0.4, 0.5) is 4.39 Å². The fraction of sp³-hybridized carbons (Fsp3) is 0.312. The monoisotopic (exact) mass is 598 g/mol. The van der Waals surface area contributed by atoms with E-state index in [-0.39, 0.29) is 23.7 Å². The third kappa shape index (κ3) is 6.64. The lowest BCUT2D eigenvalue weighted by Gasteiger charge is -2.32. The van der Waals surface area contributed by atoms with E-state index in [0.717, 1.165) is 37.3 Å². The summed E-state index contributed by atoms with van der Waals surface area (Å²) in [7, 11) is 0. The van der Waals surface area contributed by atoms with Crippen molar-refractivity contribution in [3.63, 3.8) is 0 Å². The van der Waals surface area contributed by atoms with Gasteiger partial charge in [-0.15, -0.1) is 0 Å². The largest absolute Gasteiger partial charge is 0.478 e. The highest BCUT2D eigenvalue weighted by Crippen LogP contribution is 2.34. The molecule has 0 atom stereocenters. The number of hydrogen-bond acceptors (Lipinski definition) is 9. The predicted octanol–water partition coefficient (Wildman–Crippen LogP) is 4.09. The van der Waals surface area contributed by atoms with Gasteiger partial charge in [-0.05, 0) is 75.2 Å². The molecular weight excluding hydrogens is 563 g/mol. The summed E-state index contributed by atoms with van der Waals surface area (Å²) < 4.78 is 22.4. The van der Waals surface area contributed by atoms with Crippen molar-refractivity contribution in [2.45, 2.75) is 45.4 Å². The normalized spacial score (nSPS) is 14.5. The van der Waals surface area contributed by atoms with Crippen LogP contribution in [0.2, 0.25) is 0 Å². The third-order valence-corrected chi connectivity index (χ3v) is 8.04. The molecule has 3 heterocycles. The molecule has 1 fully saturated rings. The molecule has 2 aromatic carbocycles. The van der Waals surface area contributed by atoms with Gasteiger partial charge in [0.15, 0.2) is 0 Å². The van der Waals surface area contributed by atoms with Gasteiger partial charge in [-0.1, -0.05) is 12.1 Å². The number of nitriles is 1. The number of hydrogen-bond donors (Lipinski definition) is 3. The number of carboxylic acids is 1. The van der Waals surface area contributed by atoms with Gasteiger partial charge >= 0.3 is 5.97 Å². The maximum atomic E-state index is 14.4. The number of halogens is 1. The first-order valence-corrected chi connectivity index (χ1v) is 14.4. The Bertz CT molecular complexity index is 1720. The lowest BCUT2D eigenvalue weighted by molar-refractivity contribution is 0.0697. The summed E-state index contributed by atoms with van der Waals surface area (Å²) in [5.74, 6) is 6.15. The standard InChI is InChI=1S/C32H35FN8O3/c1-2-41(36)25(17-35)18-40-29-15-23(32(42)43)7-8-28(29)38-30(40)19-39-12-9-22(10-13-39)26-4-3-11-37-31(26)44-20-24-6-5-21(16-34)14-27(24)33/h3-8,11,14-15,17,22H,2,9-10,12-13,18-20,35-36H2,1H3,(H,42,43)/b25-17-. The molecule has 11 nitrogen and oxygen atoms in total. The van der Waals surface area contributed by atoms with E-state index in [2.05, 4.69) is 9.88 Å². The number of pyridine rings is 1. The SMILES string of the molecule is CCN(N)/C(=C\N)Cn1c(CN2CCC(c3cccnc3OCc3ccc(C#N)cc3F)CC2)nc2ccc(C(=O)O)cc21. The van der Waals surface area contributed by atoms with Gasteiger partial charge in [-0.2, -0.15) is 5.26 Å². The van der Waals surface area contributed by atoms with Crippen LogP contribution in [-0.2, 0) is 19.7 Å². The van der Waals surface area contributed by atoms with Crippen molar-refractivity contribution in [2.75, 3.05) is 19.6 Å². The smallest absolute Gasteiger partial charge is 0.335 e. The number of nitrogens with two attached hydrogens (primary N) is 2. The van der Waals surface area contributed by atoms with Crippen LogP contribution in [0.1, 0.15) is 58.6 Å². The Morgan fingerprint density at radius 1 is 1.25 bits per heavy atom. The molecule has 1 aliphatic heterocycles. The summed E-state index contributed by atoms with van der Waals surface area (Å²) in [6.45, 7) is 5.00. The number of likely N-dealkylation sites (N-methyl/N-ethyl adjacent to an activating group) is 1. The molecule has 0 bridgehead atoms. The summed E-state index contributed by atoms with van der Waals surface area (Å²) >= 11 is 0. The van der Waals surface area contributed by atoms with E-state index in [9.17, 15) is 14.3 Å². The van der Waals surface area contributed by atoms with E-state index in [1.165, 1.54) is 12.3 Å². The fourth-order valence-corrected chi connectivity index (χ4v) is 5.52. The summed E-state index contributed by atoms with van der Waals surface area (Å²) in [6, 6.07) is 15.1. The van der Waals surface area contributed by atoms with Gasteiger partial charge in [-0.3, -0.25) is 4.90 Å². The number of imidazole rings is 1. The third-order valence-electron chi connectivity index (χ3n) is 8.04. The minimum atomic E-state index is -1.01. The van der Waals surface area contributed by atoms with E-state index in [0.29, 0.717) is 47.8 Å². The number of piperidine rings is 1. The Kier molecular flexibility index (Phi) is 9.38. The molecule has 2 aromatic heterocycles. The number of carbonyl (C=O) groups is 1. The molecule has 0 aliphatic carbocycles. The highest BCUT2D eigenvalue weighted by atomic mass is 19.1. The van der Waals surface area contributed by atoms with Crippen molar-refractivity contribution in [1.82, 2.24) is 24.4 Å². The van der Waals surface area contributed by atoms with Crippen molar-refractivity contribution in [1.29, 1.82) is 5.26 Å². The number of benzene rings is 2. The molecule has 5 N–H and O–H groups in total. The van der Waals surface area contributed by atoms with E-state index in [1.807, 2.05) is 29.7 Å². The van der Waals surface area contributed by atoms with Crippen molar-refractivity contribution in [2.24, 2.45) is 11.6 Å². The van der Waals surface area contributed by atoms with E-state index in [4.69, 9.17) is 26.6 Å². The number of allylic oxidation sites excluding steroid dienone is 1. The van der Waals surface area contributed by atoms with Gasteiger partial charge in [0, 0.05) is 30.1 Å². The Labute approximate surface area is 254 Å². The lowest BCUT2D eigenvalue weighted by Crippen LogP contribution is -2.35. The summed E-state index contributed by atoms with van der Waals surface area (Å²) in [4.78, 5) is 23.3. The second kappa shape index (κ2) is 13.5. The molecule has 0 radical (unpaired) electrons. The Balaban J connectivity index is 1.30. The molecule has 12 heteroatoms. The molecule has 1 aliphatic rings. The van der Waals surface area contributed by atoms with Crippen LogP contribution in [-0.4, -0.2) is 55.2 Å². The van der Waals surface area contributed by atoms with Crippen molar-refractivity contribution >= 4 is 17.0 Å². The average Bonchev–Trinajstić information content (AvgIpc) is 3.38. The number of rotatable bonds is 11. The van der Waals surface area contributed by atoms with Gasteiger partial charge < -0.3 is 25.2 Å². The predicted molar refractivity (Wildman–Crippen MR) is 162 cm³/mol. The number of nitrogens with zero attached hydrogens (tertiary/aromatic N) is 6. The summed E-state index contributed by atoms with van der Waals surface area (Å²) in [5, 5.41) is 20.1. The zero-order valence-electron chi connectivity index (χ0n) is 24.5. The Morgan fingerprint density at radius 2 is 2.05 bits per heavy atom. The molecule has 1 saturated heterocycles. The van der Waals surface area contributed by atoms with Gasteiger partial charge in [0.1, 0.15) is 18.2 Å². The van der Waals surface area contributed by atoms with E-state index >= 15 is 0 Å². The number of aromatic carboxylic acids is 1. The maximum Gasteiger partial charge on any atom is 0.335 e. The number of likely N-dealkylation sites (tertiary alicyclic amines) is 1. The fourth-order valence-electron chi connectivity index (χ4n) is 5.52. The van der Waals surface area contributed by atoms with Gasteiger partial charge in [0.2, 0.25) is 5.88 Å². The Hall–Kier alpha value is -4.99. The van der Waals surface area contributed by atoms with Gasteiger partial charge in [-0.25, -0.2) is 25.0 Å². The van der Waals surface area contributed by atoms with Crippen molar-refractivity contribution < 1.29 is 19.0 Å². The van der Waals surface area contributed by atoms with Crippen molar-refractivity contribution in [3.05, 3.63) is 101 Å². The summed E-state index contributed by atoms with van der Waals surface area (Å²) in [5.41, 5.74) is 9.79. The highest BCUT2D eigenvalue weighted by molar-refractivity contribution is 5.92. The van der Waals surface area contributed by atoms with E-state index < -0.39 is 11.8 Å². The topological polar surface area (TPSA) is 160 Å². The number of carboxylic acid groups (broad SMARTS) is 1. The lowest BCUT2D eigenvalue weighted by atomic mass is 9.90. The first-order valence-electron chi connectivity index (χ1n) is 14.4. The summed E-state index contributed by atoms with van der Waals surface area (Å²) in [6.07, 6.45) is 4.84. The molecule has 228 valence electrons. The number of ether oxygens (including phenoxy) is 1. The molecule has 0 amide bonds. The van der Waals surface area contributed by atoms with Crippen molar-refractivity contribution in [3.8, 4) is 11.9 Å². The Morgan fingerprint density at radius 3 is 2.73 bits per heavy atom. The van der Waals surface area contributed by atoms with Crippen LogP contribution in [0.3, 0.4) is 0 Å². The highest BCUT2D eigenvalue weighted by Gasteiger charge is 2.26. The molecule has 0 saturated carbocycles. The quantitative estimate of drug-likeness (QED) is 0.169. The van der Waals surface area contributed by atoms with Crippen LogP contribution in [0.5, 0.6) is 5.88 Å². The number of fused-ring (bicyclic) bond motifs is 1. The molecule has 0 spiro atoms. The first-order chi connectivity index (χ1) is 21.3. The molecular formula is C32H35FN8O3. The van der Waals surface area contributed by atoms with E-state index in [1.54, 1.807) is 41.5 Å². The molecule has 44 heavy (non-hydrogen) atoms. The van der Waals surface area contributed by atoms with Crippen LogP contribution < -0.4 is 16.3 Å². The number of aromatic nitrogens is 3. The second-order valence-electron chi connectivity index (χ2n) is 10.7. The van der Waals surface area contributed by atoms with Crippen LogP contribution >= 0.6 is 0 Å².